The zero-order valence-corrected chi connectivity index (χ0v) is 24.5. The van der Waals surface area contributed by atoms with Gasteiger partial charge >= 0.3 is 18.0 Å². The average Bonchev–Trinajstić information content (AvgIpc) is 3.18. The summed E-state index contributed by atoms with van der Waals surface area (Å²) in [5.74, 6) is -3.10. The number of imide groups is 1. The minimum atomic E-state index is -1.09. The van der Waals surface area contributed by atoms with Crippen molar-refractivity contribution in [3.63, 3.8) is 0 Å². The Morgan fingerprint density at radius 1 is 1.00 bits per heavy atom. The molecule has 224 valence electrons. The first-order chi connectivity index (χ1) is 19.0. The first-order valence-electron chi connectivity index (χ1n) is 13.4. The number of hydrogen-bond acceptors (Lipinski definition) is 9. The van der Waals surface area contributed by atoms with Gasteiger partial charge in [-0.15, -0.1) is 0 Å². The van der Waals surface area contributed by atoms with Crippen LogP contribution in [-0.4, -0.2) is 75.8 Å². The van der Waals surface area contributed by atoms with E-state index in [-0.39, 0.29) is 36.9 Å². The molecule has 0 saturated heterocycles. The summed E-state index contributed by atoms with van der Waals surface area (Å²) in [6.07, 6.45) is 2.85. The van der Waals surface area contributed by atoms with E-state index in [2.05, 4.69) is 5.32 Å². The summed E-state index contributed by atoms with van der Waals surface area (Å²) in [5, 5.41) is 2.64. The normalized spacial score (nSPS) is 14.1. The lowest BCUT2D eigenvalue weighted by Crippen LogP contribution is -2.49. The maximum atomic E-state index is 13.4. The third-order valence-corrected chi connectivity index (χ3v) is 5.92. The summed E-state index contributed by atoms with van der Waals surface area (Å²) < 4.78 is 10.2. The molecule has 0 spiro atoms. The van der Waals surface area contributed by atoms with E-state index in [4.69, 9.17) is 15.2 Å². The fourth-order valence-electron chi connectivity index (χ4n) is 3.82. The lowest BCUT2D eigenvalue weighted by Gasteiger charge is -2.35. The molecule has 0 aliphatic carbocycles. The molecule has 1 aromatic carbocycles. The Morgan fingerprint density at radius 2 is 1.63 bits per heavy atom. The zero-order valence-electron chi connectivity index (χ0n) is 24.5. The Balaban J connectivity index is 1.92. The molecule has 41 heavy (non-hydrogen) atoms. The summed E-state index contributed by atoms with van der Waals surface area (Å²) in [4.78, 5) is 76.0. The Labute approximate surface area is 240 Å². The summed E-state index contributed by atoms with van der Waals surface area (Å²) in [6.45, 7) is 10.3. The van der Waals surface area contributed by atoms with E-state index in [1.807, 2.05) is 0 Å². The number of unbranched alkanes of at least 4 members (excludes halogenated alkanes) is 1. The molecule has 0 saturated carbocycles. The number of nitrogens with zero attached hydrogens (tertiary/aromatic N) is 2. The van der Waals surface area contributed by atoms with Crippen LogP contribution in [0.5, 0.6) is 0 Å². The number of carbonyl (C=O) groups excluding carboxylic acids is 6. The van der Waals surface area contributed by atoms with Crippen molar-refractivity contribution in [3.8, 4) is 0 Å². The predicted octanol–water partition coefficient (Wildman–Crippen LogP) is 2.44. The summed E-state index contributed by atoms with van der Waals surface area (Å²) >= 11 is 0. The highest BCUT2D eigenvalue weighted by Gasteiger charge is 2.31. The Morgan fingerprint density at radius 3 is 2.22 bits per heavy atom. The lowest BCUT2D eigenvalue weighted by atomic mass is 10.0. The van der Waals surface area contributed by atoms with Gasteiger partial charge in [-0.1, -0.05) is 12.1 Å². The van der Waals surface area contributed by atoms with Crippen LogP contribution in [0.1, 0.15) is 76.7 Å². The fourth-order valence-corrected chi connectivity index (χ4v) is 3.82. The minimum Gasteiger partial charge on any atom is -0.444 e. The maximum absolute atomic E-state index is 13.4. The molecule has 0 unspecified atom stereocenters. The Bertz CT molecular complexity index is 1180. The van der Waals surface area contributed by atoms with Crippen LogP contribution in [0.2, 0.25) is 0 Å². The molecule has 12 nitrogen and oxygen atoms in total. The van der Waals surface area contributed by atoms with E-state index in [0.29, 0.717) is 18.4 Å². The number of amides is 4. The van der Waals surface area contributed by atoms with Gasteiger partial charge in [0.25, 0.3) is 17.7 Å². The first kappa shape index (κ1) is 33.1. The van der Waals surface area contributed by atoms with Crippen molar-refractivity contribution in [2.45, 2.75) is 84.5 Å². The molecule has 4 amide bonds. The number of hydrogen-bond donors (Lipinski definition) is 2. The quantitative estimate of drug-likeness (QED) is 0.175. The second-order valence-electron chi connectivity index (χ2n) is 11.7. The van der Waals surface area contributed by atoms with E-state index in [1.54, 1.807) is 65.8 Å². The van der Waals surface area contributed by atoms with Crippen molar-refractivity contribution in [1.82, 2.24) is 15.1 Å². The summed E-state index contributed by atoms with van der Waals surface area (Å²) in [7, 11) is 0. The molecule has 3 N–H and O–H groups in total. The van der Waals surface area contributed by atoms with Crippen molar-refractivity contribution in [2.24, 2.45) is 5.73 Å². The van der Waals surface area contributed by atoms with Crippen LogP contribution in [-0.2, 0) is 35.2 Å². The second-order valence-corrected chi connectivity index (χ2v) is 11.7. The Kier molecular flexibility index (Phi) is 11.3. The second kappa shape index (κ2) is 14.0. The smallest absolute Gasteiger partial charge is 0.407 e. The monoisotopic (exact) mass is 572 g/mol. The number of alkyl carbamates (subject to hydrolysis) is 1. The number of carbonyl (C=O) groups is 6. The molecule has 1 aliphatic rings. The number of benzene rings is 1. The molecule has 0 aromatic heterocycles. The number of nitrogens with two attached hydrogens (primary N) is 1. The SMILES string of the molecule is CC(C)(C)OC(=O)NCc1cccc(C(=O)N(CC(=O)OC(=O)[C@@H](N)CCCCN2C(=O)C=CC2=O)C(C)(C)C)c1. The van der Waals surface area contributed by atoms with E-state index in [9.17, 15) is 28.8 Å². The van der Waals surface area contributed by atoms with Gasteiger partial charge in [0, 0.05) is 36.3 Å². The van der Waals surface area contributed by atoms with Gasteiger partial charge in [0.15, 0.2) is 0 Å². The van der Waals surface area contributed by atoms with Crippen LogP contribution < -0.4 is 11.1 Å². The van der Waals surface area contributed by atoms with Crippen LogP contribution in [0, 0.1) is 0 Å². The topological polar surface area (TPSA) is 165 Å². The zero-order chi connectivity index (χ0) is 31.0. The number of esters is 2. The third kappa shape index (κ3) is 10.8. The standard InChI is InChI=1S/C29H40N4O8/c1-28(2,3)33(25(37)20-11-9-10-19(16-20)17-31-27(39)41-29(4,5)6)18-24(36)40-26(38)21(30)12-7-8-15-32-22(34)13-14-23(32)35/h9-11,13-14,16,21H,7-8,12,15,17-18,30H2,1-6H3,(H,31,39)/t21-/m0/s1. The van der Waals surface area contributed by atoms with Crippen LogP contribution in [0.15, 0.2) is 36.4 Å². The van der Waals surface area contributed by atoms with Crippen LogP contribution in [0.25, 0.3) is 0 Å². The summed E-state index contributed by atoms with van der Waals surface area (Å²) in [6, 6.07) is 5.50. The van der Waals surface area contributed by atoms with E-state index >= 15 is 0 Å². The van der Waals surface area contributed by atoms with Gasteiger partial charge in [0.05, 0.1) is 0 Å². The van der Waals surface area contributed by atoms with E-state index < -0.39 is 47.7 Å². The van der Waals surface area contributed by atoms with Gasteiger partial charge in [-0.05, 0) is 78.5 Å². The molecule has 1 atom stereocenters. The lowest BCUT2D eigenvalue weighted by molar-refractivity contribution is -0.161. The highest BCUT2D eigenvalue weighted by Crippen LogP contribution is 2.19. The molecule has 12 heteroatoms. The van der Waals surface area contributed by atoms with Crippen molar-refractivity contribution >= 4 is 35.8 Å². The molecule has 2 rings (SSSR count). The fraction of sp³-hybridized carbons (Fsp3) is 0.517. The average molecular weight is 573 g/mol. The van der Waals surface area contributed by atoms with Gasteiger partial charge in [-0.3, -0.25) is 19.3 Å². The highest BCUT2D eigenvalue weighted by atomic mass is 16.6. The summed E-state index contributed by atoms with van der Waals surface area (Å²) in [5.41, 5.74) is 5.36. The molecular formula is C29H40N4O8. The van der Waals surface area contributed by atoms with Crippen molar-refractivity contribution < 1.29 is 38.2 Å². The van der Waals surface area contributed by atoms with Crippen LogP contribution >= 0.6 is 0 Å². The predicted molar refractivity (Wildman–Crippen MR) is 149 cm³/mol. The molecule has 0 fully saturated rings. The van der Waals surface area contributed by atoms with Crippen LogP contribution in [0.4, 0.5) is 4.79 Å². The highest BCUT2D eigenvalue weighted by molar-refractivity contribution is 6.12. The van der Waals surface area contributed by atoms with Gasteiger partial charge in [-0.25, -0.2) is 14.4 Å². The maximum Gasteiger partial charge on any atom is 0.407 e. The van der Waals surface area contributed by atoms with Crippen molar-refractivity contribution in [1.29, 1.82) is 0 Å². The van der Waals surface area contributed by atoms with Crippen LogP contribution in [0.3, 0.4) is 0 Å². The number of nitrogens with one attached hydrogen (secondary N) is 1. The van der Waals surface area contributed by atoms with Gasteiger partial charge in [0.1, 0.15) is 18.2 Å². The molecule has 0 radical (unpaired) electrons. The molecular weight excluding hydrogens is 532 g/mol. The number of rotatable bonds is 11. The molecule has 0 bridgehead atoms. The minimum absolute atomic E-state index is 0.127. The van der Waals surface area contributed by atoms with E-state index in [0.717, 1.165) is 4.90 Å². The molecule has 1 aliphatic heterocycles. The third-order valence-electron chi connectivity index (χ3n) is 5.92. The van der Waals surface area contributed by atoms with Crippen molar-refractivity contribution in [2.75, 3.05) is 13.1 Å². The Hall–Kier alpha value is -4.06. The number of ether oxygens (including phenoxy) is 2. The van der Waals surface area contributed by atoms with Crippen molar-refractivity contribution in [3.05, 3.63) is 47.5 Å². The van der Waals surface area contributed by atoms with Gasteiger partial charge in [-0.2, -0.15) is 0 Å². The largest absolute Gasteiger partial charge is 0.444 e. The molecule has 1 aromatic rings. The van der Waals surface area contributed by atoms with Gasteiger partial charge < -0.3 is 25.4 Å². The first-order valence-corrected chi connectivity index (χ1v) is 13.4. The molecule has 1 heterocycles. The van der Waals surface area contributed by atoms with Gasteiger partial charge in [0.2, 0.25) is 0 Å². The van der Waals surface area contributed by atoms with E-state index in [1.165, 1.54) is 17.1 Å².